The summed E-state index contributed by atoms with van der Waals surface area (Å²) in [5.74, 6) is 2.29. The maximum atomic E-state index is 10.8. The lowest BCUT2D eigenvalue weighted by molar-refractivity contribution is -0.0167. The van der Waals surface area contributed by atoms with Crippen molar-refractivity contribution in [2.45, 2.75) is 152 Å². The van der Waals surface area contributed by atoms with Crippen molar-refractivity contribution in [1.29, 1.82) is 0 Å². The van der Waals surface area contributed by atoms with Crippen molar-refractivity contribution in [2.24, 2.45) is 0 Å². The molecule has 0 amide bonds. The molecule has 19 heteroatoms. The van der Waals surface area contributed by atoms with Gasteiger partial charge in [0.1, 0.15) is 89.1 Å². The number of hydrogen-bond acceptors (Lipinski definition) is 15. The Balaban J connectivity index is 0.000000119. The molecule has 9 aromatic rings. The lowest BCUT2D eigenvalue weighted by Gasteiger charge is -2.28. The summed E-state index contributed by atoms with van der Waals surface area (Å²) >= 11 is 6.30. The van der Waals surface area contributed by atoms with E-state index in [0.717, 1.165) is 118 Å². The van der Waals surface area contributed by atoms with Gasteiger partial charge in [-0.05, 0) is 141 Å². The first-order valence-electron chi connectivity index (χ1n) is 29.7. The van der Waals surface area contributed by atoms with E-state index in [-0.39, 0.29) is 18.1 Å². The number of aliphatic hydroxyl groups is 6. The Morgan fingerprint density at radius 2 is 0.929 bits per heavy atom. The number of fused-ring (bicyclic) bond motifs is 6. The fourth-order valence-electron chi connectivity index (χ4n) is 13.8. The number of hydrogen-bond donors (Lipinski definition) is 8. The van der Waals surface area contributed by atoms with Crippen LogP contribution in [0.2, 0.25) is 5.02 Å². The van der Waals surface area contributed by atoms with Crippen molar-refractivity contribution in [1.82, 2.24) is 44.2 Å². The Bertz CT molecular complexity index is 3900. The van der Waals surface area contributed by atoms with Gasteiger partial charge in [-0.3, -0.25) is 0 Å². The van der Waals surface area contributed by atoms with Crippen LogP contribution in [0.1, 0.15) is 87.5 Å². The van der Waals surface area contributed by atoms with E-state index >= 15 is 0 Å². The van der Waals surface area contributed by atoms with E-state index in [1.54, 1.807) is 24.7 Å². The molecule has 0 spiro atoms. The van der Waals surface area contributed by atoms with Gasteiger partial charge in [0.05, 0.1) is 18.1 Å². The lowest BCUT2D eigenvalue weighted by Crippen LogP contribution is -2.35. The average Bonchev–Trinajstić information content (AvgIpc) is 3.26. The molecule has 444 valence electrons. The minimum atomic E-state index is -0.992. The van der Waals surface area contributed by atoms with Crippen LogP contribution in [0.25, 0.3) is 33.1 Å². The van der Waals surface area contributed by atoms with Gasteiger partial charge in [0, 0.05) is 127 Å². The van der Waals surface area contributed by atoms with E-state index in [9.17, 15) is 30.6 Å². The summed E-state index contributed by atoms with van der Waals surface area (Å²) in [4.78, 5) is 15.8. The number of halogens is 1. The quantitative estimate of drug-likeness (QED) is 0.0711. The number of nitrogens with one attached hydrogen (secondary N) is 2. The minimum Gasteiger partial charge on any atom is -0.487 e. The Hall–Kier alpha value is -6.94. The van der Waals surface area contributed by atoms with Crippen LogP contribution in [-0.2, 0) is 39.0 Å². The van der Waals surface area contributed by atoms with Crippen molar-refractivity contribution in [2.75, 3.05) is 20.1 Å². The standard InChI is InChI=1S/C23H27N3O3.C22H24ClN3O3.C21H23N3O3/c1-14-6-9-24-23-16(14)8-11-26(23)18-12-20(22(28)21(18)27)29-19-5-3-4-15-7-10-25(2)13-17(15)19;1-12-2-6-25-22-15(12)4-7-26(22)17-10-19(21(28)20(17)27)29-18-9-14(23)8-13-3-5-24-11-16(13)18;1-12-5-7-23-21-14(12)6-8-24(21)16-9-18(20(26)19(16)25)27-17-4-2-3-13-10-22-11-15(13)17/h3-6,8-9,11,18,20-22,27-28H,7,10,12-13H2,1-2H3;2,4,6-9,17,19-21,24,27-28H,3,5,10-11H2,1H3;2-8,16,18-20,22,25-26H,9-11H2,1H3/t18?,20?,21-,22+;17?,19?,20-,21+;16?,18?,19-,20+/m000/s1. The Morgan fingerprint density at radius 1 is 0.482 bits per heavy atom. The summed E-state index contributed by atoms with van der Waals surface area (Å²) < 4.78 is 24.6. The Morgan fingerprint density at radius 3 is 1.44 bits per heavy atom. The molecule has 8 N–H and O–H groups in total. The van der Waals surface area contributed by atoms with Gasteiger partial charge in [0.25, 0.3) is 0 Å². The van der Waals surface area contributed by atoms with Crippen molar-refractivity contribution >= 4 is 44.7 Å². The molecule has 3 aromatic carbocycles. The maximum absolute atomic E-state index is 10.8. The molecule has 85 heavy (non-hydrogen) atoms. The molecule has 3 fully saturated rings. The first-order valence-corrected chi connectivity index (χ1v) is 30.0. The zero-order chi connectivity index (χ0) is 58.8. The number of aliphatic hydroxyl groups excluding tert-OH is 6. The molecule has 3 aliphatic carbocycles. The highest BCUT2D eigenvalue weighted by Crippen LogP contribution is 2.42. The molecular weight excluding hydrogens is 1100 g/mol. The molecule has 3 saturated carbocycles. The first-order chi connectivity index (χ1) is 41.2. The SMILES string of the molecule is Cc1ccnc2c1ccn2C1CC(Oc2cc(Cl)cc3c2CNCC3)[C@@H](O)[C@H]1O.Cc1ccnc2c1ccn2C1CC(Oc2cccc3c2CN(C)CC3)[C@@H](O)[C@H]1O.Cc1ccnc2c1ccn2C1CC(Oc2cccc3c2CNC3)[C@@H](O)[C@H]1O. The molecule has 6 aromatic heterocycles. The van der Waals surface area contributed by atoms with Crippen LogP contribution in [0.5, 0.6) is 17.2 Å². The second-order valence-corrected chi connectivity index (χ2v) is 24.4. The molecule has 0 saturated heterocycles. The summed E-state index contributed by atoms with van der Waals surface area (Å²) in [5.41, 5.74) is 13.0. The zero-order valence-corrected chi connectivity index (χ0v) is 48.9. The summed E-state index contributed by atoms with van der Waals surface area (Å²) in [7, 11) is 2.11. The van der Waals surface area contributed by atoms with E-state index in [2.05, 4.69) is 56.6 Å². The van der Waals surface area contributed by atoms with Gasteiger partial charge in [-0.25, -0.2) is 15.0 Å². The van der Waals surface area contributed by atoms with E-state index in [1.165, 1.54) is 22.3 Å². The van der Waals surface area contributed by atoms with Crippen LogP contribution in [0.3, 0.4) is 0 Å². The summed E-state index contributed by atoms with van der Waals surface area (Å²) in [6.07, 6.45) is 7.52. The van der Waals surface area contributed by atoms with E-state index in [1.807, 2.05) is 113 Å². The third kappa shape index (κ3) is 10.8. The van der Waals surface area contributed by atoms with Gasteiger partial charge in [-0.15, -0.1) is 0 Å². The lowest BCUT2D eigenvalue weighted by atomic mass is 9.99. The van der Waals surface area contributed by atoms with Crippen LogP contribution >= 0.6 is 11.6 Å². The number of likely N-dealkylation sites (N-methyl/N-ethyl adjacent to an activating group) is 1. The van der Waals surface area contributed by atoms with Gasteiger partial charge in [0.2, 0.25) is 0 Å². The van der Waals surface area contributed by atoms with Crippen molar-refractivity contribution in [3.05, 3.63) is 177 Å². The third-order valence-corrected chi connectivity index (χ3v) is 18.8. The highest BCUT2D eigenvalue weighted by molar-refractivity contribution is 6.30. The van der Waals surface area contributed by atoms with E-state index < -0.39 is 54.9 Å². The molecule has 15 rings (SSSR count). The minimum absolute atomic E-state index is 0.272. The van der Waals surface area contributed by atoms with Gasteiger partial charge in [-0.2, -0.15) is 0 Å². The van der Waals surface area contributed by atoms with Crippen molar-refractivity contribution < 1.29 is 44.8 Å². The smallest absolute Gasteiger partial charge is 0.140 e. The van der Waals surface area contributed by atoms with Crippen molar-refractivity contribution in [3.63, 3.8) is 0 Å². The van der Waals surface area contributed by atoms with Gasteiger partial charge in [0.15, 0.2) is 0 Å². The highest BCUT2D eigenvalue weighted by Gasteiger charge is 2.47. The molecule has 18 nitrogen and oxygen atoms in total. The molecule has 0 radical (unpaired) electrons. The van der Waals surface area contributed by atoms with Crippen LogP contribution in [0.4, 0.5) is 0 Å². The molecule has 0 bridgehead atoms. The second-order valence-electron chi connectivity index (χ2n) is 23.9. The number of ether oxygens (including phenoxy) is 3. The van der Waals surface area contributed by atoms with Crippen molar-refractivity contribution in [3.8, 4) is 17.2 Å². The molecule has 3 aliphatic heterocycles. The Labute approximate surface area is 498 Å². The Kier molecular flexibility index (Phi) is 16.0. The molecule has 6 aliphatic rings. The molecule has 9 heterocycles. The predicted molar refractivity (Wildman–Crippen MR) is 324 cm³/mol. The monoisotopic (exact) mass is 1170 g/mol. The van der Waals surface area contributed by atoms with Crippen LogP contribution in [-0.4, -0.2) is 139 Å². The number of pyridine rings is 3. The number of aromatic nitrogens is 6. The average molecular weight is 1170 g/mol. The topological polar surface area (TPSA) is 230 Å². The summed E-state index contributed by atoms with van der Waals surface area (Å²) in [6.45, 7) is 11.2. The number of benzene rings is 3. The van der Waals surface area contributed by atoms with Gasteiger partial charge in [-0.1, -0.05) is 35.9 Å². The van der Waals surface area contributed by atoms with Crippen LogP contribution in [0, 0.1) is 20.8 Å². The third-order valence-electron chi connectivity index (χ3n) is 18.6. The van der Waals surface area contributed by atoms with Gasteiger partial charge >= 0.3 is 0 Å². The summed E-state index contributed by atoms with van der Waals surface area (Å²) in [5, 5.41) is 74.9. The molecular formula is C66H74ClN9O9. The second kappa shape index (κ2) is 23.7. The highest BCUT2D eigenvalue weighted by atomic mass is 35.5. The number of rotatable bonds is 9. The van der Waals surface area contributed by atoms with Crippen LogP contribution in [0.15, 0.2) is 122 Å². The number of nitrogens with zero attached hydrogens (tertiary/aromatic N) is 7. The fourth-order valence-corrected chi connectivity index (χ4v) is 14.0. The zero-order valence-electron chi connectivity index (χ0n) is 48.2. The number of aryl methyl sites for hydroxylation is 3. The van der Waals surface area contributed by atoms with E-state index in [4.69, 9.17) is 25.8 Å². The van der Waals surface area contributed by atoms with E-state index in [0.29, 0.717) is 36.6 Å². The fraction of sp³-hybridized carbons (Fsp3) is 0.409. The van der Waals surface area contributed by atoms with Gasteiger partial charge < -0.3 is 74.1 Å². The predicted octanol–water partition coefficient (Wildman–Crippen LogP) is 7.27. The molecule has 12 atom stereocenters. The molecule has 6 unspecified atom stereocenters. The van der Waals surface area contributed by atoms with Crippen LogP contribution < -0.4 is 24.8 Å². The maximum Gasteiger partial charge on any atom is 0.140 e. The summed E-state index contributed by atoms with van der Waals surface area (Å²) in [6, 6.07) is 27.0. The first kappa shape index (κ1) is 57.2. The normalized spacial score (nSPS) is 27.0. The largest absolute Gasteiger partial charge is 0.487 e.